The van der Waals surface area contributed by atoms with Gasteiger partial charge in [0.1, 0.15) is 23.8 Å². The van der Waals surface area contributed by atoms with Gasteiger partial charge in [-0.2, -0.15) is 5.26 Å². The molecule has 1 heterocycles. The SMILES string of the molecule is Cc1cc(COC(=O)COc2ccc(C#N)cc2)no1. The summed E-state index contributed by atoms with van der Waals surface area (Å²) in [6.07, 6.45) is 0. The lowest BCUT2D eigenvalue weighted by molar-refractivity contribution is -0.147. The van der Waals surface area contributed by atoms with Gasteiger partial charge in [-0.3, -0.25) is 0 Å². The van der Waals surface area contributed by atoms with Gasteiger partial charge in [0.05, 0.1) is 11.6 Å². The third kappa shape index (κ3) is 3.85. The average Bonchev–Trinajstić information content (AvgIpc) is 2.89. The Morgan fingerprint density at radius 1 is 1.40 bits per heavy atom. The van der Waals surface area contributed by atoms with Crippen molar-refractivity contribution in [1.29, 1.82) is 5.26 Å². The van der Waals surface area contributed by atoms with Crippen molar-refractivity contribution in [1.82, 2.24) is 5.16 Å². The van der Waals surface area contributed by atoms with Crippen LogP contribution in [0, 0.1) is 18.3 Å². The summed E-state index contributed by atoms with van der Waals surface area (Å²) in [7, 11) is 0. The molecule has 6 nitrogen and oxygen atoms in total. The van der Waals surface area contributed by atoms with Gasteiger partial charge in [0.15, 0.2) is 6.61 Å². The first kappa shape index (κ1) is 13.6. The van der Waals surface area contributed by atoms with Gasteiger partial charge in [0.25, 0.3) is 0 Å². The molecule has 0 atom stereocenters. The summed E-state index contributed by atoms with van der Waals surface area (Å²) in [6, 6.07) is 10.1. The van der Waals surface area contributed by atoms with E-state index in [0.29, 0.717) is 22.8 Å². The molecule has 2 aromatic rings. The van der Waals surface area contributed by atoms with Crippen molar-refractivity contribution in [2.45, 2.75) is 13.5 Å². The van der Waals surface area contributed by atoms with Gasteiger partial charge < -0.3 is 14.0 Å². The molecule has 2 rings (SSSR count). The summed E-state index contributed by atoms with van der Waals surface area (Å²) in [5.74, 6) is 0.651. The second-order valence-electron chi connectivity index (χ2n) is 4.01. The van der Waals surface area contributed by atoms with Crippen LogP contribution in [0.3, 0.4) is 0 Å². The highest BCUT2D eigenvalue weighted by Crippen LogP contribution is 2.11. The predicted molar refractivity (Wildman–Crippen MR) is 67.7 cm³/mol. The molecule has 1 aromatic heterocycles. The van der Waals surface area contributed by atoms with Crippen LogP contribution >= 0.6 is 0 Å². The van der Waals surface area contributed by atoms with Gasteiger partial charge in [-0.15, -0.1) is 0 Å². The van der Waals surface area contributed by atoms with E-state index in [9.17, 15) is 4.79 Å². The number of aryl methyl sites for hydroxylation is 1. The third-order valence-corrected chi connectivity index (χ3v) is 2.40. The van der Waals surface area contributed by atoms with Crippen molar-refractivity contribution < 1.29 is 18.8 Å². The van der Waals surface area contributed by atoms with Crippen molar-refractivity contribution in [3.63, 3.8) is 0 Å². The van der Waals surface area contributed by atoms with E-state index in [4.69, 9.17) is 19.3 Å². The van der Waals surface area contributed by atoms with Crippen molar-refractivity contribution in [3.8, 4) is 11.8 Å². The number of ether oxygens (including phenoxy) is 2. The van der Waals surface area contributed by atoms with E-state index in [-0.39, 0.29) is 13.2 Å². The first-order valence-corrected chi connectivity index (χ1v) is 5.88. The summed E-state index contributed by atoms with van der Waals surface area (Å²) in [5.41, 5.74) is 1.08. The summed E-state index contributed by atoms with van der Waals surface area (Å²) < 4.78 is 15.1. The molecule has 102 valence electrons. The molecule has 0 N–H and O–H groups in total. The van der Waals surface area contributed by atoms with Crippen LogP contribution in [0.25, 0.3) is 0 Å². The number of carbonyl (C=O) groups excluding carboxylic acids is 1. The summed E-state index contributed by atoms with van der Waals surface area (Å²) in [4.78, 5) is 11.5. The lowest BCUT2D eigenvalue weighted by Gasteiger charge is -2.05. The topological polar surface area (TPSA) is 85.4 Å². The fraction of sp³-hybridized carbons (Fsp3) is 0.214. The standard InChI is InChI=1S/C14H12N2O4/c1-10-6-12(16-20-10)8-19-14(17)9-18-13-4-2-11(7-15)3-5-13/h2-6H,8-9H2,1H3. The zero-order chi connectivity index (χ0) is 14.4. The zero-order valence-corrected chi connectivity index (χ0v) is 10.8. The molecule has 0 aliphatic rings. The molecule has 0 amide bonds. The fourth-order valence-corrected chi connectivity index (χ4v) is 1.45. The molecule has 0 radical (unpaired) electrons. The highest BCUT2D eigenvalue weighted by Gasteiger charge is 2.07. The van der Waals surface area contributed by atoms with Gasteiger partial charge >= 0.3 is 5.97 Å². The smallest absolute Gasteiger partial charge is 0.344 e. The van der Waals surface area contributed by atoms with Crippen LogP contribution in [0.5, 0.6) is 5.75 Å². The Morgan fingerprint density at radius 2 is 2.15 bits per heavy atom. The molecule has 0 aliphatic heterocycles. The van der Waals surface area contributed by atoms with Crippen LogP contribution in [-0.2, 0) is 16.1 Å². The second-order valence-corrected chi connectivity index (χ2v) is 4.01. The average molecular weight is 272 g/mol. The minimum atomic E-state index is -0.505. The maximum absolute atomic E-state index is 11.5. The van der Waals surface area contributed by atoms with Crippen LogP contribution in [0.15, 0.2) is 34.9 Å². The van der Waals surface area contributed by atoms with E-state index in [1.165, 1.54) is 0 Å². The highest BCUT2D eigenvalue weighted by atomic mass is 16.6. The van der Waals surface area contributed by atoms with Gasteiger partial charge in [0, 0.05) is 6.07 Å². The number of nitriles is 1. The number of rotatable bonds is 5. The Bertz CT molecular complexity index is 625. The zero-order valence-electron chi connectivity index (χ0n) is 10.8. The maximum Gasteiger partial charge on any atom is 0.344 e. The van der Waals surface area contributed by atoms with Crippen molar-refractivity contribution in [2.24, 2.45) is 0 Å². The van der Waals surface area contributed by atoms with E-state index >= 15 is 0 Å². The first-order chi connectivity index (χ1) is 9.67. The van der Waals surface area contributed by atoms with Crippen molar-refractivity contribution >= 4 is 5.97 Å². The minimum absolute atomic E-state index is 0.0485. The number of hydrogen-bond donors (Lipinski definition) is 0. The van der Waals surface area contributed by atoms with E-state index in [0.717, 1.165) is 0 Å². The molecule has 0 bridgehead atoms. The number of esters is 1. The van der Waals surface area contributed by atoms with Crippen molar-refractivity contribution in [2.75, 3.05) is 6.61 Å². The predicted octanol–water partition coefficient (Wildman–Crippen LogP) is 1.98. The van der Waals surface area contributed by atoms with E-state index in [2.05, 4.69) is 5.16 Å². The molecule has 6 heteroatoms. The molecular weight excluding hydrogens is 260 g/mol. The molecule has 0 aliphatic carbocycles. The normalized spacial score (nSPS) is 9.80. The molecule has 0 spiro atoms. The van der Waals surface area contributed by atoms with Crippen molar-refractivity contribution in [3.05, 3.63) is 47.3 Å². The quantitative estimate of drug-likeness (QED) is 0.773. The summed E-state index contributed by atoms with van der Waals surface area (Å²) in [5, 5.41) is 12.3. The van der Waals surface area contributed by atoms with Gasteiger partial charge in [0.2, 0.25) is 0 Å². The summed E-state index contributed by atoms with van der Waals surface area (Å²) >= 11 is 0. The van der Waals surface area contributed by atoms with Crippen LogP contribution in [0.4, 0.5) is 0 Å². The molecule has 0 saturated carbocycles. The monoisotopic (exact) mass is 272 g/mol. The Labute approximate surface area is 115 Å². The lowest BCUT2D eigenvalue weighted by Crippen LogP contribution is -2.14. The molecular formula is C14H12N2O4. The Balaban J connectivity index is 1.75. The molecule has 1 aromatic carbocycles. The highest BCUT2D eigenvalue weighted by molar-refractivity contribution is 5.71. The van der Waals surface area contributed by atoms with Crippen LogP contribution in [-0.4, -0.2) is 17.7 Å². The Morgan fingerprint density at radius 3 is 2.75 bits per heavy atom. The van der Waals surface area contributed by atoms with Crippen LogP contribution in [0.1, 0.15) is 17.0 Å². The Hall–Kier alpha value is -2.81. The Kier molecular flexibility index (Phi) is 4.35. The van der Waals surface area contributed by atoms with Gasteiger partial charge in [-0.25, -0.2) is 4.79 Å². The van der Waals surface area contributed by atoms with Crippen LogP contribution < -0.4 is 4.74 Å². The van der Waals surface area contributed by atoms with E-state index in [1.807, 2.05) is 6.07 Å². The fourth-order valence-electron chi connectivity index (χ4n) is 1.45. The summed E-state index contributed by atoms with van der Waals surface area (Å²) in [6.45, 7) is 1.60. The lowest BCUT2D eigenvalue weighted by atomic mass is 10.2. The number of nitrogens with zero attached hydrogens (tertiary/aromatic N) is 2. The van der Waals surface area contributed by atoms with Gasteiger partial charge in [-0.1, -0.05) is 5.16 Å². The van der Waals surface area contributed by atoms with E-state index in [1.54, 1.807) is 37.3 Å². The number of benzene rings is 1. The molecule has 20 heavy (non-hydrogen) atoms. The minimum Gasteiger partial charge on any atom is -0.482 e. The second kappa shape index (κ2) is 6.38. The van der Waals surface area contributed by atoms with Crippen LogP contribution in [0.2, 0.25) is 0 Å². The molecule has 0 saturated heterocycles. The van der Waals surface area contributed by atoms with Gasteiger partial charge in [-0.05, 0) is 31.2 Å². The molecule has 0 fully saturated rings. The number of carbonyl (C=O) groups is 1. The number of hydrogen-bond acceptors (Lipinski definition) is 6. The van der Waals surface area contributed by atoms with E-state index < -0.39 is 5.97 Å². The molecule has 0 unspecified atom stereocenters. The number of aromatic nitrogens is 1. The third-order valence-electron chi connectivity index (χ3n) is 2.40. The largest absolute Gasteiger partial charge is 0.482 e. The first-order valence-electron chi connectivity index (χ1n) is 5.88. The maximum atomic E-state index is 11.5.